The summed E-state index contributed by atoms with van der Waals surface area (Å²) in [6.07, 6.45) is 1.76. The summed E-state index contributed by atoms with van der Waals surface area (Å²) in [7, 11) is 0. The molecule has 0 spiro atoms. The second kappa shape index (κ2) is 6.66. The molecule has 0 radical (unpaired) electrons. The van der Waals surface area contributed by atoms with E-state index in [1.165, 1.54) is 16.9 Å². The number of carbonyl (C=O) groups excluding carboxylic acids is 1. The summed E-state index contributed by atoms with van der Waals surface area (Å²) in [5.41, 5.74) is 2.13. The molecule has 1 aromatic carbocycles. The van der Waals surface area contributed by atoms with Crippen molar-refractivity contribution in [3.63, 3.8) is 0 Å². The predicted octanol–water partition coefficient (Wildman–Crippen LogP) is 3.84. The van der Waals surface area contributed by atoms with Crippen molar-refractivity contribution in [1.82, 2.24) is 4.98 Å². The van der Waals surface area contributed by atoms with Gasteiger partial charge in [-0.3, -0.25) is 4.79 Å². The van der Waals surface area contributed by atoms with Crippen LogP contribution in [-0.2, 0) is 12.8 Å². The van der Waals surface area contributed by atoms with E-state index in [4.69, 9.17) is 4.74 Å². The molecule has 1 heterocycles. The highest BCUT2D eigenvalue weighted by Gasteiger charge is 2.11. The van der Waals surface area contributed by atoms with Crippen molar-refractivity contribution >= 4 is 17.1 Å². The van der Waals surface area contributed by atoms with Gasteiger partial charge in [0.25, 0.3) is 0 Å². The Morgan fingerprint density at radius 2 is 2.00 bits per heavy atom. The zero-order chi connectivity index (χ0) is 14.5. The van der Waals surface area contributed by atoms with Crippen LogP contribution < -0.4 is 4.74 Å². The molecule has 0 aliphatic carbocycles. The number of hydrogen-bond acceptors (Lipinski definition) is 4. The molecule has 0 saturated carbocycles. The zero-order valence-electron chi connectivity index (χ0n) is 12.1. The van der Waals surface area contributed by atoms with Crippen LogP contribution in [0.1, 0.15) is 39.8 Å². The number of nitrogens with zero attached hydrogens (tertiary/aromatic N) is 1. The van der Waals surface area contributed by atoms with Gasteiger partial charge in [-0.2, -0.15) is 0 Å². The molecular weight excluding hydrogens is 270 g/mol. The van der Waals surface area contributed by atoms with E-state index < -0.39 is 0 Å². The van der Waals surface area contributed by atoms with E-state index in [2.05, 4.69) is 24.0 Å². The maximum absolute atomic E-state index is 11.4. The van der Waals surface area contributed by atoms with Gasteiger partial charge in [-0.25, -0.2) is 4.98 Å². The molecule has 0 bridgehead atoms. The van der Waals surface area contributed by atoms with Crippen LogP contribution in [0.2, 0.25) is 0 Å². The van der Waals surface area contributed by atoms with Gasteiger partial charge in [0.15, 0.2) is 5.78 Å². The van der Waals surface area contributed by atoms with Gasteiger partial charge in [-0.05, 0) is 31.0 Å². The Hall–Kier alpha value is -1.68. The molecule has 0 fully saturated rings. The average molecular weight is 289 g/mol. The Balaban J connectivity index is 1.89. The molecule has 0 aliphatic heterocycles. The van der Waals surface area contributed by atoms with Gasteiger partial charge >= 0.3 is 0 Å². The molecule has 2 rings (SSSR count). The monoisotopic (exact) mass is 289 g/mol. The Labute approximate surface area is 123 Å². The summed E-state index contributed by atoms with van der Waals surface area (Å²) in [5, 5.41) is 0.956. The highest BCUT2D eigenvalue weighted by Crippen LogP contribution is 2.19. The smallest absolute Gasteiger partial charge is 0.171 e. The number of benzene rings is 1. The largest absolute Gasteiger partial charge is 0.493 e. The van der Waals surface area contributed by atoms with Gasteiger partial charge in [0, 0.05) is 13.3 Å². The van der Waals surface area contributed by atoms with Gasteiger partial charge in [0.05, 0.1) is 22.2 Å². The first-order valence-electron chi connectivity index (χ1n) is 6.79. The Morgan fingerprint density at radius 3 is 2.55 bits per heavy atom. The summed E-state index contributed by atoms with van der Waals surface area (Å²) in [6.45, 7) is 6.17. The molecule has 20 heavy (non-hydrogen) atoms. The van der Waals surface area contributed by atoms with E-state index in [9.17, 15) is 4.79 Å². The second-order valence-corrected chi connectivity index (χ2v) is 5.76. The molecule has 1 aromatic heterocycles. The van der Waals surface area contributed by atoms with Crippen molar-refractivity contribution in [3.8, 4) is 5.75 Å². The third-order valence-corrected chi connectivity index (χ3v) is 4.39. The highest BCUT2D eigenvalue weighted by molar-refractivity contribution is 7.13. The van der Waals surface area contributed by atoms with Gasteiger partial charge in [0.2, 0.25) is 0 Å². The van der Waals surface area contributed by atoms with Gasteiger partial charge < -0.3 is 4.74 Å². The summed E-state index contributed by atoms with van der Waals surface area (Å²) in [5.74, 6) is 0.963. The van der Waals surface area contributed by atoms with E-state index in [0.29, 0.717) is 6.61 Å². The van der Waals surface area contributed by atoms with Crippen molar-refractivity contribution in [2.75, 3.05) is 6.61 Å². The molecule has 0 aliphatic rings. The fraction of sp³-hybridized carbons (Fsp3) is 0.375. The van der Waals surface area contributed by atoms with Crippen LogP contribution >= 0.6 is 11.3 Å². The van der Waals surface area contributed by atoms with Gasteiger partial charge in [0.1, 0.15) is 5.75 Å². The third kappa shape index (κ3) is 3.67. The van der Waals surface area contributed by atoms with Crippen LogP contribution in [0.4, 0.5) is 0 Å². The molecule has 0 amide bonds. The van der Waals surface area contributed by atoms with Crippen LogP contribution in [-0.4, -0.2) is 17.4 Å². The van der Waals surface area contributed by atoms with Crippen molar-refractivity contribution in [1.29, 1.82) is 0 Å². The standard InChI is InChI=1S/C16H19NO2S/c1-4-13-5-7-14(8-6-13)19-10-9-15-17-11(2)16(20-15)12(3)18/h5-8H,4,9-10H2,1-3H3. The van der Waals surface area contributed by atoms with E-state index in [-0.39, 0.29) is 5.78 Å². The minimum atomic E-state index is 0.0855. The first-order valence-corrected chi connectivity index (χ1v) is 7.60. The number of Topliss-reactive ketones (excluding diaryl/α,β-unsaturated/α-hetero) is 1. The predicted molar refractivity (Wildman–Crippen MR) is 81.9 cm³/mol. The quantitative estimate of drug-likeness (QED) is 0.758. The molecule has 3 nitrogen and oxygen atoms in total. The molecule has 0 N–H and O–H groups in total. The number of aromatic nitrogens is 1. The van der Waals surface area contributed by atoms with E-state index >= 15 is 0 Å². The number of carbonyl (C=O) groups is 1. The van der Waals surface area contributed by atoms with Gasteiger partial charge in [-0.15, -0.1) is 11.3 Å². The third-order valence-electron chi connectivity index (χ3n) is 3.08. The number of ether oxygens (including phenoxy) is 1. The number of hydrogen-bond donors (Lipinski definition) is 0. The lowest BCUT2D eigenvalue weighted by atomic mass is 10.2. The Morgan fingerprint density at radius 1 is 1.30 bits per heavy atom. The minimum Gasteiger partial charge on any atom is -0.493 e. The topological polar surface area (TPSA) is 39.2 Å². The van der Waals surface area contributed by atoms with Crippen molar-refractivity contribution in [2.24, 2.45) is 0 Å². The number of rotatable bonds is 6. The first-order chi connectivity index (χ1) is 9.60. The van der Waals surface area contributed by atoms with Crippen molar-refractivity contribution < 1.29 is 9.53 Å². The molecule has 106 valence electrons. The van der Waals surface area contributed by atoms with E-state index in [1.807, 2.05) is 19.1 Å². The number of thiazole rings is 1. The molecule has 4 heteroatoms. The lowest BCUT2D eigenvalue weighted by molar-refractivity contribution is 0.102. The Bertz CT molecular complexity index is 587. The van der Waals surface area contributed by atoms with Crippen LogP contribution in [0.5, 0.6) is 5.75 Å². The lowest BCUT2D eigenvalue weighted by Crippen LogP contribution is -2.01. The SMILES string of the molecule is CCc1ccc(OCCc2nc(C)c(C(C)=O)s2)cc1. The maximum Gasteiger partial charge on any atom is 0.171 e. The first kappa shape index (κ1) is 14.7. The maximum atomic E-state index is 11.4. The summed E-state index contributed by atoms with van der Waals surface area (Å²) < 4.78 is 5.70. The second-order valence-electron chi connectivity index (χ2n) is 4.67. The number of ketones is 1. The normalized spacial score (nSPS) is 10.6. The van der Waals surface area contributed by atoms with Crippen LogP contribution in [0.25, 0.3) is 0 Å². The van der Waals surface area contributed by atoms with Crippen molar-refractivity contribution in [3.05, 3.63) is 45.4 Å². The summed E-state index contributed by atoms with van der Waals surface area (Å²) in [6, 6.07) is 8.15. The zero-order valence-corrected chi connectivity index (χ0v) is 12.9. The van der Waals surface area contributed by atoms with E-state index in [0.717, 1.165) is 34.2 Å². The summed E-state index contributed by atoms with van der Waals surface area (Å²) >= 11 is 1.47. The molecule has 0 atom stereocenters. The highest BCUT2D eigenvalue weighted by atomic mass is 32.1. The summed E-state index contributed by atoms with van der Waals surface area (Å²) in [4.78, 5) is 16.5. The average Bonchev–Trinajstić information content (AvgIpc) is 2.81. The van der Waals surface area contributed by atoms with Gasteiger partial charge in [-0.1, -0.05) is 19.1 Å². The fourth-order valence-corrected chi connectivity index (χ4v) is 2.90. The van der Waals surface area contributed by atoms with Crippen LogP contribution in [0.15, 0.2) is 24.3 Å². The fourth-order valence-electron chi connectivity index (χ4n) is 1.96. The molecule has 2 aromatic rings. The molecule has 0 saturated heterocycles. The number of aryl methyl sites for hydroxylation is 2. The van der Waals surface area contributed by atoms with E-state index in [1.54, 1.807) is 6.92 Å². The van der Waals surface area contributed by atoms with Crippen LogP contribution in [0, 0.1) is 6.92 Å². The Kier molecular flexibility index (Phi) is 4.90. The lowest BCUT2D eigenvalue weighted by Gasteiger charge is -2.05. The molecular formula is C16H19NO2S. The molecule has 0 unspecified atom stereocenters. The van der Waals surface area contributed by atoms with Crippen LogP contribution in [0.3, 0.4) is 0 Å². The van der Waals surface area contributed by atoms with Crippen molar-refractivity contribution in [2.45, 2.75) is 33.6 Å². The minimum absolute atomic E-state index is 0.0855.